The summed E-state index contributed by atoms with van der Waals surface area (Å²) in [5.41, 5.74) is 0. The van der Waals surface area contributed by atoms with Crippen molar-refractivity contribution >= 4 is 23.8 Å². The highest BCUT2D eigenvalue weighted by Crippen LogP contribution is 2.17. The van der Waals surface area contributed by atoms with Gasteiger partial charge in [0.1, 0.15) is 6.54 Å². The Morgan fingerprint density at radius 1 is 1.16 bits per heavy atom. The molecule has 0 aromatic heterocycles. The van der Waals surface area contributed by atoms with E-state index < -0.39 is 17.8 Å². The predicted octanol–water partition coefficient (Wildman–Crippen LogP) is -0.144. The number of urea groups is 1. The summed E-state index contributed by atoms with van der Waals surface area (Å²) < 4.78 is 0. The molecule has 0 atom stereocenters. The van der Waals surface area contributed by atoms with Crippen molar-refractivity contribution in [3.8, 4) is 0 Å². The van der Waals surface area contributed by atoms with Crippen LogP contribution in [0.25, 0.3) is 0 Å². The van der Waals surface area contributed by atoms with E-state index in [-0.39, 0.29) is 25.0 Å². The van der Waals surface area contributed by atoms with Gasteiger partial charge in [0.2, 0.25) is 5.91 Å². The van der Waals surface area contributed by atoms with Gasteiger partial charge in [0.15, 0.2) is 0 Å². The molecule has 1 heterocycles. The van der Waals surface area contributed by atoms with Gasteiger partial charge in [0.05, 0.1) is 0 Å². The second-order valence-electron chi connectivity index (χ2n) is 4.77. The molecule has 5 amide bonds. The van der Waals surface area contributed by atoms with Crippen LogP contribution in [0, 0.1) is 0 Å². The van der Waals surface area contributed by atoms with Crippen LogP contribution >= 0.6 is 0 Å². The Kier molecular flexibility index (Phi) is 3.82. The van der Waals surface area contributed by atoms with Crippen molar-refractivity contribution in [3.05, 3.63) is 0 Å². The molecule has 1 aliphatic carbocycles. The van der Waals surface area contributed by atoms with Crippen molar-refractivity contribution in [1.29, 1.82) is 0 Å². The fraction of sp³-hybridized carbons (Fsp3) is 0.667. The summed E-state index contributed by atoms with van der Waals surface area (Å²) >= 11 is 0. The summed E-state index contributed by atoms with van der Waals surface area (Å²) in [6.45, 7) is 1.35. The number of carbonyl (C=O) groups is 4. The van der Waals surface area contributed by atoms with Crippen molar-refractivity contribution in [1.82, 2.24) is 15.1 Å². The average molecular weight is 267 g/mol. The number of likely N-dealkylation sites (N-methyl/N-ethyl adjacent to an activating group) is 1. The molecule has 0 aromatic rings. The summed E-state index contributed by atoms with van der Waals surface area (Å²) in [7, 11) is 0. The zero-order chi connectivity index (χ0) is 14.0. The minimum absolute atomic E-state index is 0.123. The van der Waals surface area contributed by atoms with E-state index in [1.807, 2.05) is 0 Å². The largest absolute Gasteiger partial charge is 0.352 e. The Morgan fingerprint density at radius 2 is 1.74 bits per heavy atom. The number of hydrogen-bond donors (Lipinski definition) is 1. The first-order valence-electron chi connectivity index (χ1n) is 6.51. The quantitative estimate of drug-likeness (QED) is 0.567. The van der Waals surface area contributed by atoms with Crippen molar-refractivity contribution in [2.75, 3.05) is 13.1 Å². The highest BCUT2D eigenvalue weighted by Gasteiger charge is 2.44. The third-order valence-electron chi connectivity index (χ3n) is 3.47. The second-order valence-corrected chi connectivity index (χ2v) is 4.77. The molecule has 0 unspecified atom stereocenters. The van der Waals surface area contributed by atoms with Crippen LogP contribution in [0.1, 0.15) is 32.6 Å². The van der Waals surface area contributed by atoms with Gasteiger partial charge in [-0.15, -0.1) is 0 Å². The summed E-state index contributed by atoms with van der Waals surface area (Å²) in [5.74, 6) is -2.17. The highest BCUT2D eigenvalue weighted by molar-refractivity contribution is 6.45. The molecule has 2 fully saturated rings. The molecule has 2 aliphatic rings. The predicted molar refractivity (Wildman–Crippen MR) is 64.9 cm³/mol. The molecule has 1 aliphatic heterocycles. The highest BCUT2D eigenvalue weighted by atomic mass is 16.2. The minimum atomic E-state index is -0.923. The standard InChI is InChI=1S/C12H17N3O4/c1-2-14-10(17)11(18)15(12(14)19)7-9(16)13-8-5-3-4-6-8/h8H,2-7H2,1H3,(H,13,16). The number of hydrogen-bond acceptors (Lipinski definition) is 4. The minimum Gasteiger partial charge on any atom is -0.352 e. The maximum absolute atomic E-state index is 11.8. The molecule has 7 heteroatoms. The number of carbonyl (C=O) groups excluding carboxylic acids is 4. The van der Waals surface area contributed by atoms with Crippen LogP contribution in [0.2, 0.25) is 0 Å². The molecule has 7 nitrogen and oxygen atoms in total. The number of imide groups is 2. The Labute approximate surface area is 110 Å². The lowest BCUT2D eigenvalue weighted by molar-refractivity contribution is -0.144. The SMILES string of the molecule is CCN1C(=O)C(=O)N(CC(=O)NC2CCCC2)C1=O. The first kappa shape index (κ1) is 13.5. The van der Waals surface area contributed by atoms with Gasteiger partial charge in [0, 0.05) is 12.6 Å². The van der Waals surface area contributed by atoms with E-state index in [4.69, 9.17) is 0 Å². The molecule has 19 heavy (non-hydrogen) atoms. The molecule has 0 spiro atoms. The van der Waals surface area contributed by atoms with Crippen LogP contribution in [-0.2, 0) is 14.4 Å². The van der Waals surface area contributed by atoms with Crippen molar-refractivity contribution < 1.29 is 19.2 Å². The molecule has 0 radical (unpaired) electrons. The van der Waals surface area contributed by atoms with Crippen molar-refractivity contribution in [3.63, 3.8) is 0 Å². The lowest BCUT2D eigenvalue weighted by Crippen LogP contribution is -2.44. The summed E-state index contributed by atoms with van der Waals surface area (Å²) in [6, 6.07) is -0.586. The average Bonchev–Trinajstić information content (AvgIpc) is 2.93. The topological polar surface area (TPSA) is 86.8 Å². The number of amides is 5. The second kappa shape index (κ2) is 5.38. The molecule has 104 valence electrons. The van der Waals surface area contributed by atoms with E-state index >= 15 is 0 Å². The van der Waals surface area contributed by atoms with Crippen molar-refractivity contribution in [2.45, 2.75) is 38.6 Å². The molecule has 0 aromatic carbocycles. The fourth-order valence-electron chi connectivity index (χ4n) is 2.46. The molecule has 1 N–H and O–H groups in total. The van der Waals surface area contributed by atoms with E-state index in [9.17, 15) is 19.2 Å². The first-order valence-corrected chi connectivity index (χ1v) is 6.51. The maximum atomic E-state index is 11.8. The van der Waals surface area contributed by atoms with Crippen LogP contribution in [0.5, 0.6) is 0 Å². The molecule has 1 saturated carbocycles. The molecular formula is C12H17N3O4. The normalized spacial score (nSPS) is 20.6. The van der Waals surface area contributed by atoms with Gasteiger partial charge in [-0.05, 0) is 19.8 Å². The Morgan fingerprint density at radius 3 is 2.26 bits per heavy atom. The third kappa shape index (κ3) is 2.59. The molecule has 1 saturated heterocycles. The lowest BCUT2D eigenvalue weighted by atomic mass is 10.2. The van der Waals surface area contributed by atoms with Gasteiger partial charge in [-0.2, -0.15) is 0 Å². The monoisotopic (exact) mass is 267 g/mol. The van der Waals surface area contributed by atoms with Crippen LogP contribution < -0.4 is 5.32 Å². The van der Waals surface area contributed by atoms with Gasteiger partial charge in [-0.1, -0.05) is 12.8 Å². The molecule has 0 bridgehead atoms. The smallest absolute Gasteiger partial charge is 0.334 e. The summed E-state index contributed by atoms with van der Waals surface area (Å²) in [4.78, 5) is 48.1. The summed E-state index contributed by atoms with van der Waals surface area (Å²) in [6.07, 6.45) is 4.00. The van der Waals surface area contributed by atoms with Gasteiger partial charge in [0.25, 0.3) is 0 Å². The van der Waals surface area contributed by atoms with Crippen LogP contribution in [0.15, 0.2) is 0 Å². The maximum Gasteiger partial charge on any atom is 0.334 e. The first-order chi connectivity index (χ1) is 9.04. The molecular weight excluding hydrogens is 250 g/mol. The Hall–Kier alpha value is -1.92. The Balaban J connectivity index is 1.94. The van der Waals surface area contributed by atoms with E-state index in [1.54, 1.807) is 6.92 Å². The van der Waals surface area contributed by atoms with Gasteiger partial charge in [-0.25, -0.2) is 9.69 Å². The van der Waals surface area contributed by atoms with E-state index in [0.717, 1.165) is 30.6 Å². The zero-order valence-corrected chi connectivity index (χ0v) is 10.8. The fourth-order valence-corrected chi connectivity index (χ4v) is 2.46. The third-order valence-corrected chi connectivity index (χ3v) is 3.47. The van der Waals surface area contributed by atoms with Gasteiger partial charge >= 0.3 is 17.8 Å². The van der Waals surface area contributed by atoms with E-state index in [1.165, 1.54) is 0 Å². The van der Waals surface area contributed by atoms with E-state index in [2.05, 4.69) is 5.32 Å². The Bertz CT molecular complexity index is 429. The van der Waals surface area contributed by atoms with Crippen molar-refractivity contribution in [2.24, 2.45) is 0 Å². The van der Waals surface area contributed by atoms with Crippen LogP contribution in [-0.4, -0.2) is 52.7 Å². The van der Waals surface area contributed by atoms with Gasteiger partial charge < -0.3 is 5.32 Å². The van der Waals surface area contributed by atoms with Gasteiger partial charge in [-0.3, -0.25) is 19.3 Å². The van der Waals surface area contributed by atoms with Crippen LogP contribution in [0.3, 0.4) is 0 Å². The summed E-state index contributed by atoms with van der Waals surface area (Å²) in [5, 5.41) is 2.78. The lowest BCUT2D eigenvalue weighted by Gasteiger charge is -2.16. The zero-order valence-electron chi connectivity index (χ0n) is 10.8. The van der Waals surface area contributed by atoms with E-state index in [0.29, 0.717) is 4.90 Å². The van der Waals surface area contributed by atoms with Crippen LogP contribution in [0.4, 0.5) is 4.79 Å². The number of nitrogens with one attached hydrogen (secondary N) is 1. The number of rotatable bonds is 4. The number of nitrogens with zero attached hydrogens (tertiary/aromatic N) is 2. The molecule has 2 rings (SSSR count).